The van der Waals surface area contributed by atoms with Gasteiger partial charge >= 0.3 is 0 Å². The predicted molar refractivity (Wildman–Crippen MR) is 138 cm³/mol. The van der Waals surface area contributed by atoms with Crippen LogP contribution in [0.1, 0.15) is 64.2 Å². The summed E-state index contributed by atoms with van der Waals surface area (Å²) in [6.07, 6.45) is 11.1. The Labute approximate surface area is 217 Å². The van der Waals surface area contributed by atoms with Gasteiger partial charge in [-0.2, -0.15) is 0 Å². The molecule has 204 valence electrons. The van der Waals surface area contributed by atoms with Gasteiger partial charge in [0.2, 0.25) is 11.5 Å². The number of amides is 1. The van der Waals surface area contributed by atoms with E-state index in [0.717, 1.165) is 77.3 Å². The normalized spacial score (nSPS) is 27.5. The molecule has 9 heteroatoms. The monoisotopic (exact) mass is 518 g/mol. The van der Waals surface area contributed by atoms with Gasteiger partial charge in [0.05, 0.1) is 11.5 Å². The van der Waals surface area contributed by atoms with E-state index in [2.05, 4.69) is 20.3 Å². The molecule has 0 unspecified atom stereocenters. The third kappa shape index (κ3) is 6.60. The van der Waals surface area contributed by atoms with Crippen LogP contribution in [0.4, 0.5) is 14.6 Å². The van der Waals surface area contributed by atoms with Crippen LogP contribution in [-0.2, 0) is 9.53 Å². The number of anilines is 1. The maximum absolute atomic E-state index is 13.9. The van der Waals surface area contributed by atoms with Gasteiger partial charge in [-0.3, -0.25) is 9.69 Å². The molecule has 5 rings (SSSR count). The Morgan fingerprint density at radius 1 is 1.03 bits per heavy atom. The second-order valence-corrected chi connectivity index (χ2v) is 11.3. The molecule has 3 aliphatic rings. The van der Waals surface area contributed by atoms with Gasteiger partial charge < -0.3 is 19.5 Å². The van der Waals surface area contributed by atoms with Crippen molar-refractivity contribution in [3.8, 4) is 0 Å². The number of aromatic nitrogens is 1. The van der Waals surface area contributed by atoms with Gasteiger partial charge in [-0.15, -0.1) is 0 Å². The Morgan fingerprint density at radius 3 is 2.43 bits per heavy atom. The number of hydrogen-bond donors (Lipinski definition) is 1. The molecule has 2 saturated carbocycles. The lowest BCUT2D eigenvalue weighted by atomic mass is 9.83. The SMILES string of the molecule is CO[C@H]1CC[C@H](CC(=O)N[C@H]2CC[C@H](CCN3CCN(c4noc5c(F)cc(F)cc45)CC3)CC2)CC1. The Balaban J connectivity index is 0.988. The highest BCUT2D eigenvalue weighted by Gasteiger charge is 2.27. The number of hydrogen-bond acceptors (Lipinski definition) is 6. The number of halogens is 2. The molecule has 0 atom stereocenters. The van der Waals surface area contributed by atoms with Crippen LogP contribution in [0.5, 0.6) is 0 Å². The maximum Gasteiger partial charge on any atom is 0.220 e. The number of nitrogens with zero attached hydrogens (tertiary/aromatic N) is 3. The standard InChI is InChI=1S/C28H40F2N4O3/c1-36-23-8-4-20(5-9-23)16-26(35)31-22-6-2-19(3-7-22)10-11-33-12-14-34(15-13-33)28-24-17-21(29)18-25(30)27(24)37-32-28/h17-20,22-23H,2-16H2,1H3,(H,31,35)/t19-,20-,22-,23-. The van der Waals surface area contributed by atoms with Gasteiger partial charge in [-0.25, -0.2) is 8.78 Å². The zero-order valence-electron chi connectivity index (χ0n) is 21.9. The Bertz CT molecular complexity index is 1040. The van der Waals surface area contributed by atoms with Crippen LogP contribution < -0.4 is 10.2 Å². The van der Waals surface area contributed by atoms with Crippen LogP contribution in [0.3, 0.4) is 0 Å². The molecular weight excluding hydrogens is 478 g/mol. The average molecular weight is 519 g/mol. The lowest BCUT2D eigenvalue weighted by molar-refractivity contribution is -0.123. The molecule has 7 nitrogen and oxygen atoms in total. The summed E-state index contributed by atoms with van der Waals surface area (Å²) < 4.78 is 38.2. The van der Waals surface area contributed by atoms with Crippen molar-refractivity contribution in [2.75, 3.05) is 44.7 Å². The molecule has 0 spiro atoms. The number of carbonyl (C=O) groups is 1. The topological polar surface area (TPSA) is 70.8 Å². The summed E-state index contributed by atoms with van der Waals surface area (Å²) in [6, 6.07) is 2.45. The van der Waals surface area contributed by atoms with Gasteiger partial charge in [-0.1, -0.05) is 5.16 Å². The van der Waals surface area contributed by atoms with Crippen LogP contribution in [0, 0.1) is 23.5 Å². The van der Waals surface area contributed by atoms with Gasteiger partial charge in [0.1, 0.15) is 5.82 Å². The Hall–Kier alpha value is -2.26. The molecule has 2 aliphatic carbocycles. The fourth-order valence-electron chi connectivity index (χ4n) is 6.45. The smallest absolute Gasteiger partial charge is 0.220 e. The van der Waals surface area contributed by atoms with E-state index in [9.17, 15) is 13.6 Å². The molecule has 37 heavy (non-hydrogen) atoms. The van der Waals surface area contributed by atoms with E-state index in [1.54, 1.807) is 7.11 Å². The highest BCUT2D eigenvalue weighted by Crippen LogP contribution is 2.31. The molecule has 1 N–H and O–H groups in total. The van der Waals surface area contributed by atoms with Crippen LogP contribution in [0.25, 0.3) is 11.0 Å². The van der Waals surface area contributed by atoms with Crippen LogP contribution in [0.15, 0.2) is 16.7 Å². The quantitative estimate of drug-likeness (QED) is 0.537. The number of ether oxygens (including phenoxy) is 1. The first-order valence-electron chi connectivity index (χ1n) is 14.0. The first-order chi connectivity index (χ1) is 18.0. The largest absolute Gasteiger partial charge is 0.381 e. The Kier molecular flexibility index (Phi) is 8.60. The van der Waals surface area contributed by atoms with Crippen molar-refractivity contribution in [1.82, 2.24) is 15.4 Å². The predicted octanol–water partition coefficient (Wildman–Crippen LogP) is 4.89. The fourth-order valence-corrected chi connectivity index (χ4v) is 6.45. The number of carbonyl (C=O) groups excluding carboxylic acids is 1. The second-order valence-electron chi connectivity index (χ2n) is 11.3. The zero-order chi connectivity index (χ0) is 25.8. The van der Waals surface area contributed by atoms with Crippen molar-refractivity contribution in [3.63, 3.8) is 0 Å². The van der Waals surface area contributed by atoms with Gasteiger partial charge in [0, 0.05) is 51.8 Å². The van der Waals surface area contributed by atoms with Gasteiger partial charge in [0.25, 0.3) is 0 Å². The lowest BCUT2D eigenvalue weighted by Gasteiger charge is -2.36. The summed E-state index contributed by atoms with van der Waals surface area (Å²) in [6.45, 7) is 4.35. The summed E-state index contributed by atoms with van der Waals surface area (Å²) >= 11 is 0. The molecule has 0 bridgehead atoms. The first kappa shape index (κ1) is 26.4. The third-order valence-electron chi connectivity index (χ3n) is 8.81. The van der Waals surface area contributed by atoms with Gasteiger partial charge in [0.15, 0.2) is 11.6 Å². The van der Waals surface area contributed by atoms with Crippen LogP contribution in [0.2, 0.25) is 0 Å². The minimum Gasteiger partial charge on any atom is -0.381 e. The van der Waals surface area contributed by atoms with Gasteiger partial charge in [-0.05, 0) is 82.2 Å². The number of piperazine rings is 1. The van der Waals surface area contributed by atoms with E-state index in [0.29, 0.717) is 41.6 Å². The molecule has 3 fully saturated rings. The summed E-state index contributed by atoms with van der Waals surface area (Å²) in [5.74, 6) is 0.636. The number of methoxy groups -OCH3 is 1. The molecular formula is C28H40F2N4O3. The van der Waals surface area contributed by atoms with E-state index in [1.165, 1.54) is 25.3 Å². The highest BCUT2D eigenvalue weighted by atomic mass is 19.1. The van der Waals surface area contributed by atoms with Crippen molar-refractivity contribution in [1.29, 1.82) is 0 Å². The fraction of sp³-hybridized carbons (Fsp3) is 0.714. The second kappa shape index (κ2) is 12.1. The van der Waals surface area contributed by atoms with Crippen LogP contribution in [-0.4, -0.2) is 67.9 Å². The Morgan fingerprint density at radius 2 is 1.73 bits per heavy atom. The van der Waals surface area contributed by atoms with E-state index < -0.39 is 11.6 Å². The molecule has 1 aromatic heterocycles. The van der Waals surface area contributed by atoms with Crippen molar-refractivity contribution < 1.29 is 22.8 Å². The van der Waals surface area contributed by atoms with E-state index in [4.69, 9.17) is 9.26 Å². The highest BCUT2D eigenvalue weighted by molar-refractivity contribution is 5.89. The summed E-state index contributed by atoms with van der Waals surface area (Å²) in [5.41, 5.74) is 0.0137. The number of nitrogens with one attached hydrogen (secondary N) is 1. The number of fused-ring (bicyclic) bond motifs is 1. The van der Waals surface area contributed by atoms with Crippen molar-refractivity contribution in [3.05, 3.63) is 23.8 Å². The van der Waals surface area contributed by atoms with Crippen molar-refractivity contribution >= 4 is 22.7 Å². The third-order valence-corrected chi connectivity index (χ3v) is 8.81. The molecule has 1 amide bonds. The van der Waals surface area contributed by atoms with E-state index in [1.807, 2.05) is 0 Å². The lowest BCUT2D eigenvalue weighted by Crippen LogP contribution is -2.47. The number of rotatable bonds is 8. The molecule has 1 saturated heterocycles. The summed E-state index contributed by atoms with van der Waals surface area (Å²) in [7, 11) is 1.78. The summed E-state index contributed by atoms with van der Waals surface area (Å²) in [5, 5.41) is 7.73. The van der Waals surface area contributed by atoms with Crippen molar-refractivity contribution in [2.24, 2.45) is 11.8 Å². The minimum absolute atomic E-state index is 0.0137. The first-order valence-corrected chi connectivity index (χ1v) is 14.0. The molecule has 2 aromatic rings. The molecule has 2 heterocycles. The average Bonchev–Trinajstić information content (AvgIpc) is 3.33. The van der Waals surface area contributed by atoms with E-state index in [-0.39, 0.29) is 11.5 Å². The molecule has 1 aliphatic heterocycles. The van der Waals surface area contributed by atoms with Crippen molar-refractivity contribution in [2.45, 2.75) is 76.4 Å². The summed E-state index contributed by atoms with van der Waals surface area (Å²) in [4.78, 5) is 17.1. The molecule has 1 aromatic carbocycles. The minimum atomic E-state index is -0.716. The van der Waals surface area contributed by atoms with E-state index >= 15 is 0 Å². The molecule has 0 radical (unpaired) electrons. The van der Waals surface area contributed by atoms with Crippen LogP contribution >= 0.6 is 0 Å². The maximum atomic E-state index is 13.9. The number of benzene rings is 1. The zero-order valence-corrected chi connectivity index (χ0v) is 21.9.